The molecule has 0 spiro atoms. The molecule has 2 aromatic carbocycles. The third kappa shape index (κ3) is 4.19. The van der Waals surface area contributed by atoms with Gasteiger partial charge >= 0.3 is 0 Å². The SMILES string of the molecule is CC(C)(C)c1ccc(C(=O)CCc2cccc(N)c2)cc1. The van der Waals surface area contributed by atoms with Gasteiger partial charge in [0.2, 0.25) is 0 Å². The number of benzene rings is 2. The number of nitrogens with two attached hydrogens (primary N) is 1. The molecule has 2 rings (SSSR count). The molecule has 2 aromatic rings. The van der Waals surface area contributed by atoms with Crippen molar-refractivity contribution in [1.29, 1.82) is 0 Å². The summed E-state index contributed by atoms with van der Waals surface area (Å²) in [6.45, 7) is 6.51. The summed E-state index contributed by atoms with van der Waals surface area (Å²) in [5.41, 5.74) is 9.74. The first kappa shape index (κ1) is 15.3. The molecule has 2 N–H and O–H groups in total. The van der Waals surface area contributed by atoms with Crippen LogP contribution in [0.1, 0.15) is 48.7 Å². The predicted molar refractivity (Wildman–Crippen MR) is 88.6 cm³/mol. The quantitative estimate of drug-likeness (QED) is 0.667. The topological polar surface area (TPSA) is 43.1 Å². The van der Waals surface area contributed by atoms with Gasteiger partial charge in [0.25, 0.3) is 0 Å². The fraction of sp³-hybridized carbons (Fsp3) is 0.316. The van der Waals surface area contributed by atoms with E-state index in [0.717, 1.165) is 23.2 Å². The zero-order chi connectivity index (χ0) is 15.5. The Morgan fingerprint density at radius 1 is 1.05 bits per heavy atom. The minimum atomic E-state index is 0.114. The van der Waals surface area contributed by atoms with Crippen LogP contribution in [0.3, 0.4) is 0 Å². The number of hydrogen-bond acceptors (Lipinski definition) is 2. The Hall–Kier alpha value is -2.09. The lowest BCUT2D eigenvalue weighted by Crippen LogP contribution is -2.11. The molecule has 2 nitrogen and oxygen atoms in total. The molecule has 0 amide bonds. The molecule has 0 aliphatic carbocycles. The predicted octanol–water partition coefficient (Wildman–Crippen LogP) is 4.38. The maximum Gasteiger partial charge on any atom is 0.163 e. The van der Waals surface area contributed by atoms with E-state index in [9.17, 15) is 4.79 Å². The van der Waals surface area contributed by atoms with Crippen LogP contribution in [-0.2, 0) is 11.8 Å². The van der Waals surface area contributed by atoms with Crippen molar-refractivity contribution in [3.63, 3.8) is 0 Å². The van der Waals surface area contributed by atoms with Crippen LogP contribution in [0.25, 0.3) is 0 Å². The van der Waals surface area contributed by atoms with Gasteiger partial charge in [0.15, 0.2) is 5.78 Å². The van der Waals surface area contributed by atoms with Gasteiger partial charge in [-0.1, -0.05) is 57.2 Å². The van der Waals surface area contributed by atoms with Gasteiger partial charge in [-0.3, -0.25) is 4.79 Å². The van der Waals surface area contributed by atoms with Crippen LogP contribution in [0.5, 0.6) is 0 Å². The molecule has 0 atom stereocenters. The van der Waals surface area contributed by atoms with Gasteiger partial charge in [-0.05, 0) is 35.1 Å². The van der Waals surface area contributed by atoms with Gasteiger partial charge in [0.1, 0.15) is 0 Å². The first-order valence-corrected chi connectivity index (χ1v) is 7.34. The zero-order valence-corrected chi connectivity index (χ0v) is 13.0. The highest BCUT2D eigenvalue weighted by Crippen LogP contribution is 2.22. The van der Waals surface area contributed by atoms with Gasteiger partial charge in [0, 0.05) is 17.7 Å². The third-order valence-corrected chi connectivity index (χ3v) is 3.66. The third-order valence-electron chi connectivity index (χ3n) is 3.66. The lowest BCUT2D eigenvalue weighted by Gasteiger charge is -2.19. The molecule has 0 saturated carbocycles. The van der Waals surface area contributed by atoms with Gasteiger partial charge in [0.05, 0.1) is 0 Å². The molecule has 0 unspecified atom stereocenters. The van der Waals surface area contributed by atoms with Crippen molar-refractivity contribution in [2.45, 2.75) is 39.0 Å². The minimum absolute atomic E-state index is 0.114. The van der Waals surface area contributed by atoms with Crippen LogP contribution in [0.2, 0.25) is 0 Å². The summed E-state index contributed by atoms with van der Waals surface area (Å²) in [6.07, 6.45) is 1.24. The van der Waals surface area contributed by atoms with E-state index in [1.807, 2.05) is 48.5 Å². The molecule has 0 aromatic heterocycles. The molecule has 0 saturated heterocycles. The number of nitrogen functional groups attached to an aromatic ring is 1. The number of aryl methyl sites for hydroxylation is 1. The lowest BCUT2D eigenvalue weighted by atomic mass is 9.86. The van der Waals surface area contributed by atoms with Gasteiger partial charge < -0.3 is 5.73 Å². The Morgan fingerprint density at radius 3 is 2.29 bits per heavy atom. The van der Waals surface area contributed by atoms with E-state index in [0.29, 0.717) is 6.42 Å². The molecule has 0 aliphatic rings. The number of carbonyl (C=O) groups is 1. The minimum Gasteiger partial charge on any atom is -0.399 e. The maximum atomic E-state index is 12.2. The summed E-state index contributed by atoms with van der Waals surface area (Å²) in [7, 11) is 0. The summed E-state index contributed by atoms with van der Waals surface area (Å²) < 4.78 is 0. The second-order valence-electron chi connectivity index (χ2n) is 6.50. The summed E-state index contributed by atoms with van der Waals surface area (Å²) >= 11 is 0. The summed E-state index contributed by atoms with van der Waals surface area (Å²) in [5, 5.41) is 0. The molecule has 2 heteroatoms. The van der Waals surface area contributed by atoms with Crippen LogP contribution >= 0.6 is 0 Å². The highest BCUT2D eigenvalue weighted by molar-refractivity contribution is 5.96. The Bertz CT molecular complexity index is 621. The van der Waals surface area contributed by atoms with E-state index >= 15 is 0 Å². The van der Waals surface area contributed by atoms with Crippen molar-refractivity contribution in [3.8, 4) is 0 Å². The van der Waals surface area contributed by atoms with Crippen LogP contribution in [0.15, 0.2) is 48.5 Å². The van der Waals surface area contributed by atoms with Gasteiger partial charge in [-0.15, -0.1) is 0 Å². The number of Topliss-reactive ketones (excluding diaryl/α,β-unsaturated/α-hetero) is 1. The number of anilines is 1. The number of ketones is 1. The smallest absolute Gasteiger partial charge is 0.163 e. The highest BCUT2D eigenvalue weighted by atomic mass is 16.1. The normalized spacial score (nSPS) is 11.4. The van der Waals surface area contributed by atoms with E-state index in [-0.39, 0.29) is 11.2 Å². The molecular formula is C19H23NO. The number of carbonyl (C=O) groups excluding carboxylic acids is 1. The van der Waals surface area contributed by atoms with Crippen LogP contribution in [0.4, 0.5) is 5.69 Å². The molecule has 21 heavy (non-hydrogen) atoms. The molecular weight excluding hydrogens is 258 g/mol. The Labute approximate surface area is 127 Å². The summed E-state index contributed by atoms with van der Waals surface area (Å²) in [4.78, 5) is 12.2. The Balaban J connectivity index is 2.00. The highest BCUT2D eigenvalue weighted by Gasteiger charge is 2.14. The molecule has 0 bridgehead atoms. The number of hydrogen-bond donors (Lipinski definition) is 1. The molecule has 110 valence electrons. The first-order chi connectivity index (χ1) is 9.86. The molecule has 0 heterocycles. The largest absolute Gasteiger partial charge is 0.399 e. The van der Waals surface area contributed by atoms with Crippen LogP contribution < -0.4 is 5.73 Å². The first-order valence-electron chi connectivity index (χ1n) is 7.34. The van der Waals surface area contributed by atoms with Crippen molar-refractivity contribution >= 4 is 11.5 Å². The van der Waals surface area contributed by atoms with Crippen molar-refractivity contribution in [2.75, 3.05) is 5.73 Å². The van der Waals surface area contributed by atoms with Crippen molar-refractivity contribution in [3.05, 3.63) is 65.2 Å². The second kappa shape index (κ2) is 6.13. The van der Waals surface area contributed by atoms with Crippen molar-refractivity contribution in [2.24, 2.45) is 0 Å². The van der Waals surface area contributed by atoms with E-state index < -0.39 is 0 Å². The van der Waals surface area contributed by atoms with Gasteiger partial charge in [-0.25, -0.2) is 0 Å². The molecule has 0 radical (unpaired) electrons. The van der Waals surface area contributed by atoms with E-state index in [1.165, 1.54) is 5.56 Å². The second-order valence-corrected chi connectivity index (χ2v) is 6.50. The summed E-state index contributed by atoms with van der Waals surface area (Å²) in [5.74, 6) is 0.179. The van der Waals surface area contributed by atoms with Crippen molar-refractivity contribution < 1.29 is 4.79 Å². The average molecular weight is 281 g/mol. The van der Waals surface area contributed by atoms with Crippen molar-refractivity contribution in [1.82, 2.24) is 0 Å². The number of rotatable bonds is 4. The fourth-order valence-electron chi connectivity index (χ4n) is 2.31. The Kier molecular flexibility index (Phi) is 4.46. The maximum absolute atomic E-state index is 12.2. The van der Waals surface area contributed by atoms with E-state index in [1.54, 1.807) is 0 Å². The fourth-order valence-corrected chi connectivity index (χ4v) is 2.31. The zero-order valence-electron chi connectivity index (χ0n) is 13.0. The lowest BCUT2D eigenvalue weighted by molar-refractivity contribution is 0.0983. The van der Waals surface area contributed by atoms with Gasteiger partial charge in [-0.2, -0.15) is 0 Å². The van der Waals surface area contributed by atoms with Crippen LogP contribution in [-0.4, -0.2) is 5.78 Å². The standard InChI is InChI=1S/C19H23NO/c1-19(2,3)16-10-8-15(9-11-16)18(21)12-7-14-5-4-6-17(20)13-14/h4-6,8-11,13H,7,12,20H2,1-3H3. The van der Waals surface area contributed by atoms with E-state index in [4.69, 9.17) is 5.73 Å². The summed E-state index contributed by atoms with van der Waals surface area (Å²) in [6, 6.07) is 15.7. The Morgan fingerprint density at radius 2 is 1.71 bits per heavy atom. The monoisotopic (exact) mass is 281 g/mol. The molecule has 0 aliphatic heterocycles. The average Bonchev–Trinajstić information content (AvgIpc) is 2.44. The van der Waals surface area contributed by atoms with E-state index in [2.05, 4.69) is 20.8 Å². The van der Waals surface area contributed by atoms with Crippen LogP contribution in [0, 0.1) is 0 Å². The molecule has 0 fully saturated rings.